The monoisotopic (exact) mass is 240 g/mol. The minimum atomic E-state index is 0.577. The van der Waals surface area contributed by atoms with E-state index in [4.69, 9.17) is 4.74 Å². The van der Waals surface area contributed by atoms with E-state index in [2.05, 4.69) is 32.0 Å². The van der Waals surface area contributed by atoms with Crippen molar-refractivity contribution in [1.29, 1.82) is 0 Å². The zero-order chi connectivity index (χ0) is 13.1. The molecule has 0 aliphatic rings. The Morgan fingerprint density at radius 1 is 1.06 bits per heavy atom. The molecule has 0 amide bonds. The molecule has 0 saturated heterocycles. The van der Waals surface area contributed by atoms with Crippen LogP contribution in [-0.4, -0.2) is 13.4 Å². The number of carbonyl (C=O) groups is 1. The average Bonchev–Trinajstić information content (AvgIpc) is 2.40. The predicted molar refractivity (Wildman–Crippen MR) is 73.3 cm³/mol. The van der Waals surface area contributed by atoms with Crippen LogP contribution < -0.4 is 4.74 Å². The minimum absolute atomic E-state index is 0.577. The third-order valence-electron chi connectivity index (χ3n) is 3.19. The number of hydrogen-bond acceptors (Lipinski definition) is 2. The van der Waals surface area contributed by atoms with Crippen LogP contribution in [-0.2, 0) is 0 Å². The van der Waals surface area contributed by atoms with Crippen LogP contribution in [0.25, 0.3) is 11.1 Å². The van der Waals surface area contributed by atoms with Crippen molar-refractivity contribution in [3.05, 3.63) is 53.1 Å². The van der Waals surface area contributed by atoms with Gasteiger partial charge in [0.1, 0.15) is 5.75 Å². The van der Waals surface area contributed by atoms with Gasteiger partial charge in [-0.25, -0.2) is 0 Å². The first-order valence-corrected chi connectivity index (χ1v) is 5.87. The Labute approximate surface area is 107 Å². The molecule has 0 unspecified atom stereocenters. The zero-order valence-corrected chi connectivity index (χ0v) is 10.9. The van der Waals surface area contributed by atoms with Gasteiger partial charge in [-0.2, -0.15) is 0 Å². The number of hydrogen-bond donors (Lipinski definition) is 0. The summed E-state index contributed by atoms with van der Waals surface area (Å²) in [6.07, 6.45) is 0.823. The van der Waals surface area contributed by atoms with Gasteiger partial charge in [0.05, 0.1) is 12.7 Å². The Hall–Kier alpha value is -2.09. The van der Waals surface area contributed by atoms with E-state index in [1.165, 1.54) is 11.1 Å². The van der Waals surface area contributed by atoms with Crippen LogP contribution in [0.15, 0.2) is 36.4 Å². The summed E-state index contributed by atoms with van der Waals surface area (Å²) in [7, 11) is 1.59. The van der Waals surface area contributed by atoms with E-state index in [0.29, 0.717) is 11.3 Å². The van der Waals surface area contributed by atoms with E-state index in [0.717, 1.165) is 17.4 Å². The van der Waals surface area contributed by atoms with E-state index >= 15 is 0 Å². The lowest BCUT2D eigenvalue weighted by molar-refractivity contribution is 0.112. The van der Waals surface area contributed by atoms with Crippen LogP contribution >= 0.6 is 0 Å². The van der Waals surface area contributed by atoms with Crippen molar-refractivity contribution in [1.82, 2.24) is 0 Å². The van der Waals surface area contributed by atoms with Gasteiger partial charge in [0, 0.05) is 5.56 Å². The molecule has 2 aromatic carbocycles. The van der Waals surface area contributed by atoms with Gasteiger partial charge in [-0.15, -0.1) is 0 Å². The molecule has 0 fully saturated rings. The number of carbonyl (C=O) groups excluding carboxylic acids is 1. The maximum absolute atomic E-state index is 11.0. The smallest absolute Gasteiger partial charge is 0.153 e. The molecule has 0 radical (unpaired) electrons. The van der Waals surface area contributed by atoms with Gasteiger partial charge < -0.3 is 4.74 Å². The molecule has 0 atom stereocenters. The van der Waals surface area contributed by atoms with E-state index < -0.39 is 0 Å². The molecule has 0 aliphatic carbocycles. The molecule has 0 spiro atoms. The number of rotatable bonds is 3. The van der Waals surface area contributed by atoms with Crippen molar-refractivity contribution in [2.24, 2.45) is 0 Å². The molecule has 0 bridgehead atoms. The number of ether oxygens (including phenoxy) is 1. The first-order valence-electron chi connectivity index (χ1n) is 5.87. The molecule has 18 heavy (non-hydrogen) atoms. The Kier molecular flexibility index (Phi) is 3.47. The van der Waals surface area contributed by atoms with E-state index in [1.54, 1.807) is 13.2 Å². The van der Waals surface area contributed by atoms with Crippen LogP contribution in [0.2, 0.25) is 0 Å². The first kappa shape index (κ1) is 12.4. The molecule has 92 valence electrons. The van der Waals surface area contributed by atoms with Gasteiger partial charge in [0.2, 0.25) is 0 Å². The van der Waals surface area contributed by atoms with Gasteiger partial charge in [-0.05, 0) is 36.6 Å². The molecule has 2 rings (SSSR count). The lowest BCUT2D eigenvalue weighted by Gasteiger charge is -2.12. The Balaban J connectivity index is 2.63. The molecule has 0 N–H and O–H groups in total. The fraction of sp³-hybridized carbons (Fsp3) is 0.188. The summed E-state index contributed by atoms with van der Waals surface area (Å²) in [5, 5.41) is 0. The van der Waals surface area contributed by atoms with Crippen LogP contribution in [0, 0.1) is 13.8 Å². The second kappa shape index (κ2) is 5.05. The van der Waals surface area contributed by atoms with Crippen molar-refractivity contribution in [2.75, 3.05) is 7.11 Å². The van der Waals surface area contributed by atoms with Crippen LogP contribution in [0.5, 0.6) is 5.75 Å². The molecular weight excluding hydrogens is 224 g/mol. The van der Waals surface area contributed by atoms with Crippen molar-refractivity contribution in [3.63, 3.8) is 0 Å². The van der Waals surface area contributed by atoms with Crippen LogP contribution in [0.1, 0.15) is 21.5 Å². The summed E-state index contributed by atoms with van der Waals surface area (Å²) in [5.41, 5.74) is 5.08. The minimum Gasteiger partial charge on any atom is -0.495 e. The fourth-order valence-corrected chi connectivity index (χ4v) is 2.01. The summed E-state index contributed by atoms with van der Waals surface area (Å²) in [4.78, 5) is 11.0. The number of benzene rings is 2. The van der Waals surface area contributed by atoms with E-state index in [9.17, 15) is 4.79 Å². The summed E-state index contributed by atoms with van der Waals surface area (Å²) in [6.45, 7) is 4.16. The van der Waals surface area contributed by atoms with Crippen LogP contribution in [0.4, 0.5) is 0 Å². The van der Waals surface area contributed by atoms with Crippen molar-refractivity contribution >= 4 is 6.29 Å². The number of aldehydes is 1. The van der Waals surface area contributed by atoms with E-state index in [-0.39, 0.29) is 0 Å². The van der Waals surface area contributed by atoms with Gasteiger partial charge in [0.15, 0.2) is 6.29 Å². The Morgan fingerprint density at radius 2 is 1.83 bits per heavy atom. The first-order chi connectivity index (χ1) is 8.67. The standard InChI is InChI=1S/C16H16O2/c1-11-7-8-13(9-12(11)2)15-6-4-5-14(10-17)16(15)18-3/h4-10H,1-3H3. The van der Waals surface area contributed by atoms with Gasteiger partial charge >= 0.3 is 0 Å². The molecule has 2 aromatic rings. The fourth-order valence-electron chi connectivity index (χ4n) is 2.01. The molecule has 0 aliphatic heterocycles. The number of para-hydroxylation sites is 1. The lowest BCUT2D eigenvalue weighted by Crippen LogP contribution is -1.94. The maximum atomic E-state index is 11.0. The third-order valence-corrected chi connectivity index (χ3v) is 3.19. The summed E-state index contributed by atoms with van der Waals surface area (Å²) < 4.78 is 5.36. The maximum Gasteiger partial charge on any atom is 0.153 e. The molecule has 0 aromatic heterocycles. The molecule has 2 heteroatoms. The van der Waals surface area contributed by atoms with Crippen molar-refractivity contribution in [2.45, 2.75) is 13.8 Å². The van der Waals surface area contributed by atoms with Crippen molar-refractivity contribution in [3.8, 4) is 16.9 Å². The topological polar surface area (TPSA) is 26.3 Å². The predicted octanol–water partition coefficient (Wildman–Crippen LogP) is 3.79. The highest BCUT2D eigenvalue weighted by molar-refractivity contribution is 5.86. The van der Waals surface area contributed by atoms with E-state index in [1.807, 2.05) is 12.1 Å². The highest BCUT2D eigenvalue weighted by Gasteiger charge is 2.10. The summed E-state index contributed by atoms with van der Waals surface area (Å²) in [5.74, 6) is 0.635. The second-order valence-electron chi connectivity index (χ2n) is 4.34. The number of methoxy groups -OCH3 is 1. The molecule has 0 heterocycles. The van der Waals surface area contributed by atoms with Gasteiger partial charge in [-0.3, -0.25) is 4.79 Å². The summed E-state index contributed by atoms with van der Waals surface area (Å²) in [6, 6.07) is 11.8. The highest BCUT2D eigenvalue weighted by Crippen LogP contribution is 2.33. The average molecular weight is 240 g/mol. The normalized spacial score (nSPS) is 10.2. The number of aryl methyl sites for hydroxylation is 2. The van der Waals surface area contributed by atoms with Crippen molar-refractivity contribution < 1.29 is 9.53 Å². The summed E-state index contributed by atoms with van der Waals surface area (Å²) >= 11 is 0. The second-order valence-corrected chi connectivity index (χ2v) is 4.34. The third kappa shape index (κ3) is 2.14. The van der Waals surface area contributed by atoms with Crippen LogP contribution in [0.3, 0.4) is 0 Å². The molecular formula is C16H16O2. The van der Waals surface area contributed by atoms with Gasteiger partial charge in [-0.1, -0.05) is 30.3 Å². The zero-order valence-electron chi connectivity index (χ0n) is 10.9. The molecule has 2 nitrogen and oxygen atoms in total. The Morgan fingerprint density at radius 3 is 2.44 bits per heavy atom. The largest absolute Gasteiger partial charge is 0.495 e. The molecule has 0 saturated carbocycles. The SMILES string of the molecule is COc1c(C=O)cccc1-c1ccc(C)c(C)c1. The quantitative estimate of drug-likeness (QED) is 0.763. The van der Waals surface area contributed by atoms with Gasteiger partial charge in [0.25, 0.3) is 0 Å². The Bertz CT molecular complexity index is 586. The lowest BCUT2D eigenvalue weighted by atomic mass is 9.98. The highest BCUT2D eigenvalue weighted by atomic mass is 16.5.